The van der Waals surface area contributed by atoms with E-state index >= 15 is 0 Å². The molecular formula is C18H19NO4S2. The van der Waals surface area contributed by atoms with Crippen LogP contribution < -0.4 is 0 Å². The van der Waals surface area contributed by atoms with E-state index < -0.39 is 11.6 Å². The van der Waals surface area contributed by atoms with Crippen LogP contribution >= 0.6 is 22.7 Å². The van der Waals surface area contributed by atoms with Crippen molar-refractivity contribution in [1.82, 2.24) is 4.90 Å². The van der Waals surface area contributed by atoms with Crippen molar-refractivity contribution in [3.8, 4) is 0 Å². The van der Waals surface area contributed by atoms with Crippen molar-refractivity contribution >= 4 is 28.6 Å². The second kappa shape index (κ2) is 5.62. The number of carbonyl (C=O) groups excluding carboxylic acids is 1. The highest BCUT2D eigenvalue weighted by molar-refractivity contribution is 7.10. The molecule has 3 aliphatic rings. The zero-order valence-electron chi connectivity index (χ0n) is 13.7. The molecule has 1 N–H and O–H groups in total. The van der Waals surface area contributed by atoms with Gasteiger partial charge in [-0.2, -0.15) is 11.3 Å². The number of rotatable bonds is 4. The molecule has 132 valence electrons. The Morgan fingerprint density at radius 1 is 1.32 bits per heavy atom. The first-order chi connectivity index (χ1) is 12.1. The maximum Gasteiger partial charge on any atom is 0.348 e. The number of aliphatic hydroxyl groups is 1. The van der Waals surface area contributed by atoms with E-state index in [1.165, 1.54) is 22.7 Å². The summed E-state index contributed by atoms with van der Waals surface area (Å²) in [6, 6.07) is 6.04. The first-order valence-corrected chi connectivity index (χ1v) is 10.3. The molecule has 0 spiro atoms. The Balaban J connectivity index is 1.39. The number of morpholine rings is 1. The third kappa shape index (κ3) is 2.34. The number of piperidine rings is 1. The van der Waals surface area contributed by atoms with Gasteiger partial charge in [-0.3, -0.25) is 4.90 Å². The molecule has 2 aromatic rings. The van der Waals surface area contributed by atoms with Crippen LogP contribution in [-0.2, 0) is 19.9 Å². The molecule has 3 aliphatic heterocycles. The minimum absolute atomic E-state index is 0.166. The van der Waals surface area contributed by atoms with Crippen molar-refractivity contribution in [3.63, 3.8) is 0 Å². The quantitative estimate of drug-likeness (QED) is 0.654. The van der Waals surface area contributed by atoms with Crippen LogP contribution in [0.2, 0.25) is 0 Å². The van der Waals surface area contributed by atoms with Gasteiger partial charge in [-0.1, -0.05) is 6.07 Å². The van der Waals surface area contributed by atoms with Crippen LogP contribution in [-0.4, -0.2) is 53.4 Å². The molecular weight excluding hydrogens is 358 g/mol. The van der Waals surface area contributed by atoms with Crippen LogP contribution in [0.1, 0.15) is 23.3 Å². The molecule has 5 heterocycles. The lowest BCUT2D eigenvalue weighted by molar-refractivity contribution is -0.172. The summed E-state index contributed by atoms with van der Waals surface area (Å²) < 4.78 is 11.5. The number of thiophene rings is 2. The van der Waals surface area contributed by atoms with E-state index in [1.54, 1.807) is 12.1 Å². The third-order valence-electron chi connectivity index (χ3n) is 5.76. The maximum absolute atomic E-state index is 13.0. The van der Waals surface area contributed by atoms with Gasteiger partial charge in [0.2, 0.25) is 5.60 Å². The highest BCUT2D eigenvalue weighted by atomic mass is 32.1. The molecule has 0 aliphatic carbocycles. The van der Waals surface area contributed by atoms with Gasteiger partial charge in [0, 0.05) is 30.5 Å². The normalized spacial score (nSPS) is 35.8. The lowest BCUT2D eigenvalue weighted by Gasteiger charge is -2.38. The third-order valence-corrected chi connectivity index (χ3v) is 7.42. The Labute approximate surface area is 153 Å². The largest absolute Gasteiger partial charge is 0.460 e. The van der Waals surface area contributed by atoms with Crippen LogP contribution in [0.5, 0.6) is 0 Å². The van der Waals surface area contributed by atoms with Gasteiger partial charge >= 0.3 is 5.97 Å². The summed E-state index contributed by atoms with van der Waals surface area (Å²) >= 11 is 2.82. The number of likely N-dealkylation sites (N-methyl/N-ethyl adjacent to an activating group) is 1. The van der Waals surface area contributed by atoms with Gasteiger partial charge in [0.05, 0.1) is 4.88 Å². The molecule has 25 heavy (non-hydrogen) atoms. The van der Waals surface area contributed by atoms with E-state index in [0.29, 0.717) is 34.7 Å². The molecule has 0 aromatic carbocycles. The minimum atomic E-state index is -1.73. The molecule has 5 nitrogen and oxygen atoms in total. The molecule has 0 saturated carbocycles. The van der Waals surface area contributed by atoms with E-state index in [-0.39, 0.29) is 6.10 Å². The molecule has 2 bridgehead atoms. The van der Waals surface area contributed by atoms with E-state index in [2.05, 4.69) is 11.9 Å². The number of fused-ring (bicyclic) bond motifs is 5. The molecule has 2 aromatic heterocycles. The average Bonchev–Trinajstić information content (AvgIpc) is 2.97. The van der Waals surface area contributed by atoms with Gasteiger partial charge < -0.3 is 14.6 Å². The van der Waals surface area contributed by atoms with Crippen LogP contribution in [0.15, 0.2) is 34.3 Å². The van der Waals surface area contributed by atoms with Gasteiger partial charge in [0.25, 0.3) is 0 Å². The number of nitrogens with zero attached hydrogens (tertiary/aromatic N) is 1. The van der Waals surface area contributed by atoms with Crippen LogP contribution in [0.3, 0.4) is 0 Å². The fourth-order valence-electron chi connectivity index (χ4n) is 4.35. The number of epoxide rings is 1. The highest BCUT2D eigenvalue weighted by Gasteiger charge is 2.63. The average molecular weight is 377 g/mol. The number of esters is 1. The van der Waals surface area contributed by atoms with E-state index in [0.717, 1.165) is 12.8 Å². The zero-order valence-corrected chi connectivity index (χ0v) is 15.3. The Morgan fingerprint density at radius 3 is 2.68 bits per heavy atom. The minimum Gasteiger partial charge on any atom is -0.460 e. The van der Waals surface area contributed by atoms with Gasteiger partial charge in [-0.15, -0.1) is 11.3 Å². The van der Waals surface area contributed by atoms with E-state index in [4.69, 9.17) is 9.47 Å². The van der Waals surface area contributed by atoms with Crippen molar-refractivity contribution in [2.75, 3.05) is 7.05 Å². The Bertz CT molecular complexity index is 723. The van der Waals surface area contributed by atoms with Gasteiger partial charge in [-0.05, 0) is 35.3 Å². The molecule has 0 amide bonds. The predicted octanol–water partition coefficient (Wildman–Crippen LogP) is 2.20. The van der Waals surface area contributed by atoms with Crippen molar-refractivity contribution in [3.05, 3.63) is 44.8 Å². The predicted molar refractivity (Wildman–Crippen MR) is 94.8 cm³/mol. The fraction of sp³-hybridized carbons (Fsp3) is 0.500. The van der Waals surface area contributed by atoms with E-state index in [1.807, 2.05) is 22.2 Å². The molecule has 7 heteroatoms. The van der Waals surface area contributed by atoms with E-state index in [9.17, 15) is 9.90 Å². The first kappa shape index (κ1) is 16.0. The molecule has 3 fully saturated rings. The van der Waals surface area contributed by atoms with Crippen molar-refractivity contribution < 1.29 is 19.4 Å². The summed E-state index contributed by atoms with van der Waals surface area (Å²) in [5.41, 5.74) is -1.15. The maximum atomic E-state index is 13.0. The smallest absolute Gasteiger partial charge is 0.348 e. The van der Waals surface area contributed by atoms with Crippen LogP contribution in [0, 0.1) is 0 Å². The topological polar surface area (TPSA) is 62.3 Å². The summed E-state index contributed by atoms with van der Waals surface area (Å²) in [6.07, 6.45) is 1.97. The summed E-state index contributed by atoms with van der Waals surface area (Å²) in [6.45, 7) is 0. The molecule has 6 atom stereocenters. The Morgan fingerprint density at radius 2 is 2.08 bits per heavy atom. The number of carbonyl (C=O) groups is 1. The molecule has 3 saturated heterocycles. The summed E-state index contributed by atoms with van der Waals surface area (Å²) in [7, 11) is 2.12. The second-order valence-corrected chi connectivity index (χ2v) is 8.79. The molecule has 0 radical (unpaired) electrons. The number of hydrogen-bond donors (Lipinski definition) is 1. The lowest BCUT2D eigenvalue weighted by atomic mass is 9.94. The summed E-state index contributed by atoms with van der Waals surface area (Å²) in [4.78, 5) is 16.0. The van der Waals surface area contributed by atoms with Crippen molar-refractivity contribution in [1.29, 1.82) is 0 Å². The Kier molecular flexibility index (Phi) is 3.59. The first-order valence-electron chi connectivity index (χ1n) is 8.46. The number of ether oxygens (including phenoxy) is 2. The molecule has 5 rings (SSSR count). The van der Waals surface area contributed by atoms with Crippen LogP contribution in [0.4, 0.5) is 0 Å². The Hall–Kier alpha value is -1.25. The van der Waals surface area contributed by atoms with Gasteiger partial charge in [0.1, 0.15) is 18.3 Å². The summed E-state index contributed by atoms with van der Waals surface area (Å²) in [5.74, 6) is -0.572. The SMILES string of the molecule is CN1[C@@H]2CC(OC(=O)C(O)(c3ccsc3)c3cccs3)C[C@H]1[C@H]1O[C@@H]12. The molecule has 2 unspecified atom stereocenters. The fourth-order valence-corrected chi connectivity index (χ4v) is 5.88. The lowest BCUT2D eigenvalue weighted by Crippen LogP contribution is -2.49. The standard InChI is InChI=1S/C18H19NO4S2/c1-19-12-7-11(8-13(19)16-15(12)23-16)22-17(20)18(21,10-4-6-24-9-10)14-3-2-5-25-14/h2-6,9,11-13,15-16,21H,7-8H2,1H3/t11?,12-,13+,15-,16-,18?/m1/s1. The zero-order chi connectivity index (χ0) is 17.2. The van der Waals surface area contributed by atoms with Gasteiger partial charge in [0.15, 0.2) is 0 Å². The monoisotopic (exact) mass is 377 g/mol. The summed E-state index contributed by atoms with van der Waals surface area (Å²) in [5, 5.41) is 16.8. The highest BCUT2D eigenvalue weighted by Crippen LogP contribution is 2.48. The second-order valence-electron chi connectivity index (χ2n) is 7.06. The van der Waals surface area contributed by atoms with Crippen molar-refractivity contribution in [2.24, 2.45) is 0 Å². The van der Waals surface area contributed by atoms with Gasteiger partial charge in [-0.25, -0.2) is 4.79 Å². The van der Waals surface area contributed by atoms with Crippen molar-refractivity contribution in [2.45, 2.75) is 48.8 Å². The van der Waals surface area contributed by atoms with Crippen LogP contribution in [0.25, 0.3) is 0 Å². The number of hydrogen-bond acceptors (Lipinski definition) is 7.